The Labute approximate surface area is 183 Å². The molecule has 1 aliphatic heterocycles. The predicted octanol–water partition coefficient (Wildman–Crippen LogP) is 3.63. The average Bonchev–Trinajstić information content (AvgIpc) is 3.21. The molecular weight excluding hydrogens is 409 g/mol. The number of nitrogens with one attached hydrogen (secondary N) is 1. The van der Waals surface area contributed by atoms with Gasteiger partial charge in [-0.1, -0.05) is 30.3 Å². The Morgan fingerprint density at radius 3 is 2.53 bits per heavy atom. The van der Waals surface area contributed by atoms with Gasteiger partial charge in [0.05, 0.1) is 25.2 Å². The summed E-state index contributed by atoms with van der Waals surface area (Å²) in [7, 11) is 0. The zero-order valence-corrected chi connectivity index (χ0v) is 17.4. The van der Waals surface area contributed by atoms with Crippen LogP contribution in [-0.4, -0.2) is 48.0 Å². The maximum atomic E-state index is 15.9. The van der Waals surface area contributed by atoms with Gasteiger partial charge in [-0.15, -0.1) is 0 Å². The Kier molecular flexibility index (Phi) is 5.11. The number of hydrogen-bond donors (Lipinski definition) is 2. The number of aromatic amines is 1. The fourth-order valence-corrected chi connectivity index (χ4v) is 4.34. The number of primary amides is 1. The van der Waals surface area contributed by atoms with Crippen LogP contribution in [0.3, 0.4) is 0 Å². The lowest BCUT2D eigenvalue weighted by Crippen LogP contribution is -2.40. The summed E-state index contributed by atoms with van der Waals surface area (Å²) in [5.41, 5.74) is 8.88. The Morgan fingerprint density at radius 1 is 1.06 bits per heavy atom. The highest BCUT2D eigenvalue weighted by molar-refractivity contribution is 6.12. The van der Waals surface area contributed by atoms with E-state index in [1.165, 1.54) is 0 Å². The normalized spacial score (nSPS) is 14.2. The number of aromatic nitrogens is 1. The van der Waals surface area contributed by atoms with Crippen molar-refractivity contribution in [2.75, 3.05) is 26.3 Å². The number of fused-ring (bicyclic) bond motifs is 3. The molecule has 32 heavy (non-hydrogen) atoms. The van der Waals surface area contributed by atoms with E-state index in [-0.39, 0.29) is 12.3 Å². The molecule has 4 aromatic rings. The van der Waals surface area contributed by atoms with Gasteiger partial charge in [-0.3, -0.25) is 9.59 Å². The summed E-state index contributed by atoms with van der Waals surface area (Å²) in [6, 6.07) is 16.1. The quantitative estimate of drug-likeness (QED) is 0.517. The number of amides is 2. The number of H-pyrrole nitrogens is 1. The average molecular weight is 431 g/mol. The maximum Gasteiger partial charge on any atom is 0.254 e. The minimum Gasteiger partial charge on any atom is -0.378 e. The minimum atomic E-state index is -0.501. The molecule has 1 aliphatic rings. The molecule has 0 atom stereocenters. The van der Waals surface area contributed by atoms with E-state index in [0.29, 0.717) is 70.4 Å². The number of carbonyl (C=O) groups is 2. The van der Waals surface area contributed by atoms with Crippen molar-refractivity contribution in [3.8, 4) is 11.1 Å². The van der Waals surface area contributed by atoms with E-state index in [1.807, 2.05) is 30.3 Å². The van der Waals surface area contributed by atoms with Gasteiger partial charge in [0.1, 0.15) is 5.82 Å². The summed E-state index contributed by atoms with van der Waals surface area (Å²) in [4.78, 5) is 29.7. The van der Waals surface area contributed by atoms with Crippen LogP contribution in [-0.2, 0) is 16.0 Å². The summed E-state index contributed by atoms with van der Waals surface area (Å²) in [6.45, 7) is 2.07. The number of nitrogens with two attached hydrogens (primary N) is 1. The van der Waals surface area contributed by atoms with Gasteiger partial charge in [0.15, 0.2) is 0 Å². The molecule has 3 N–H and O–H groups in total. The van der Waals surface area contributed by atoms with Gasteiger partial charge in [0, 0.05) is 40.5 Å². The highest BCUT2D eigenvalue weighted by Crippen LogP contribution is 2.37. The van der Waals surface area contributed by atoms with Gasteiger partial charge in [-0.05, 0) is 35.4 Å². The van der Waals surface area contributed by atoms with Crippen LogP contribution in [0.2, 0.25) is 0 Å². The SMILES string of the molecule is NC(=O)Cc1cc(-c2ccccc2)c(F)c2c1[nH]c1ccc(C(=O)N3CCOCC3)cc12. The van der Waals surface area contributed by atoms with E-state index in [1.54, 1.807) is 29.2 Å². The second kappa shape index (κ2) is 8.09. The highest BCUT2D eigenvalue weighted by Gasteiger charge is 2.22. The van der Waals surface area contributed by atoms with E-state index in [9.17, 15) is 9.59 Å². The standard InChI is InChI=1S/C25H22FN3O3/c26-23-18(15-4-2-1-3-5-15)13-17(14-21(27)30)24-22(23)19-12-16(6-7-20(19)28-24)25(31)29-8-10-32-11-9-29/h1-7,12-13,28H,8-11,14H2,(H2,27,30). The minimum absolute atomic E-state index is 0.0248. The van der Waals surface area contributed by atoms with E-state index in [2.05, 4.69) is 4.98 Å². The van der Waals surface area contributed by atoms with E-state index >= 15 is 4.39 Å². The fraction of sp³-hybridized carbons (Fsp3) is 0.200. The number of carbonyl (C=O) groups excluding carboxylic acids is 2. The molecule has 2 amide bonds. The Hall–Kier alpha value is -3.71. The third-order valence-electron chi connectivity index (χ3n) is 5.89. The summed E-state index contributed by atoms with van der Waals surface area (Å²) >= 11 is 0. The molecular formula is C25H22FN3O3. The number of benzene rings is 3. The first kappa shape index (κ1) is 20.2. The topological polar surface area (TPSA) is 88.4 Å². The molecule has 0 radical (unpaired) electrons. The van der Waals surface area contributed by atoms with Crippen molar-refractivity contribution in [3.63, 3.8) is 0 Å². The fourth-order valence-electron chi connectivity index (χ4n) is 4.34. The Bertz CT molecular complexity index is 1340. The molecule has 7 heteroatoms. The van der Waals surface area contributed by atoms with Gasteiger partial charge >= 0.3 is 0 Å². The van der Waals surface area contributed by atoms with E-state index in [4.69, 9.17) is 10.5 Å². The number of halogens is 1. The van der Waals surface area contributed by atoms with Gasteiger partial charge in [-0.25, -0.2) is 4.39 Å². The van der Waals surface area contributed by atoms with Gasteiger partial charge in [0.25, 0.3) is 5.91 Å². The second-order valence-electron chi connectivity index (χ2n) is 7.95. The molecule has 1 aromatic heterocycles. The molecule has 2 heterocycles. The van der Waals surface area contributed by atoms with Crippen molar-refractivity contribution in [1.82, 2.24) is 9.88 Å². The molecule has 3 aromatic carbocycles. The zero-order valence-electron chi connectivity index (χ0n) is 17.4. The first-order chi connectivity index (χ1) is 15.5. The van der Waals surface area contributed by atoms with Crippen molar-refractivity contribution in [2.24, 2.45) is 5.73 Å². The van der Waals surface area contributed by atoms with Crippen molar-refractivity contribution < 1.29 is 18.7 Å². The first-order valence-corrected chi connectivity index (χ1v) is 10.5. The van der Waals surface area contributed by atoms with Crippen LogP contribution in [0.5, 0.6) is 0 Å². The molecule has 1 saturated heterocycles. The molecule has 0 aliphatic carbocycles. The van der Waals surface area contributed by atoms with Gasteiger partial charge < -0.3 is 20.4 Å². The molecule has 5 rings (SSSR count). The molecule has 0 bridgehead atoms. The van der Waals surface area contributed by atoms with Crippen molar-refractivity contribution in [1.29, 1.82) is 0 Å². The molecule has 0 unspecified atom stereocenters. The third kappa shape index (κ3) is 3.50. The lowest BCUT2D eigenvalue weighted by molar-refractivity contribution is -0.117. The second-order valence-corrected chi connectivity index (χ2v) is 7.95. The first-order valence-electron chi connectivity index (χ1n) is 10.5. The lowest BCUT2D eigenvalue weighted by Gasteiger charge is -2.26. The van der Waals surface area contributed by atoms with E-state index < -0.39 is 11.7 Å². The monoisotopic (exact) mass is 431 g/mol. The number of ether oxygens (including phenoxy) is 1. The van der Waals surface area contributed by atoms with Crippen molar-refractivity contribution in [2.45, 2.75) is 6.42 Å². The van der Waals surface area contributed by atoms with Gasteiger partial charge in [-0.2, -0.15) is 0 Å². The Morgan fingerprint density at radius 2 is 1.81 bits per heavy atom. The van der Waals surface area contributed by atoms with Crippen LogP contribution in [0.15, 0.2) is 54.6 Å². The van der Waals surface area contributed by atoms with Crippen LogP contribution in [0.4, 0.5) is 4.39 Å². The molecule has 0 saturated carbocycles. The molecule has 1 fully saturated rings. The van der Waals surface area contributed by atoms with Crippen LogP contribution in [0.25, 0.3) is 32.9 Å². The number of nitrogens with zero attached hydrogens (tertiary/aromatic N) is 1. The van der Waals surface area contributed by atoms with Crippen LogP contribution in [0.1, 0.15) is 15.9 Å². The number of hydrogen-bond acceptors (Lipinski definition) is 3. The van der Waals surface area contributed by atoms with Gasteiger partial charge in [0.2, 0.25) is 5.91 Å². The largest absolute Gasteiger partial charge is 0.378 e. The summed E-state index contributed by atoms with van der Waals surface area (Å²) < 4.78 is 21.2. The smallest absolute Gasteiger partial charge is 0.254 e. The van der Waals surface area contributed by atoms with Crippen LogP contribution < -0.4 is 5.73 Å². The molecule has 162 valence electrons. The molecule has 0 spiro atoms. The van der Waals surface area contributed by atoms with Crippen LogP contribution >= 0.6 is 0 Å². The van der Waals surface area contributed by atoms with Crippen LogP contribution in [0, 0.1) is 5.82 Å². The maximum absolute atomic E-state index is 15.9. The predicted molar refractivity (Wildman–Crippen MR) is 121 cm³/mol. The summed E-state index contributed by atoms with van der Waals surface area (Å²) in [6.07, 6.45) is -0.0248. The summed E-state index contributed by atoms with van der Waals surface area (Å²) in [5.74, 6) is -1.01. The number of rotatable bonds is 4. The Balaban J connectivity index is 1.72. The van der Waals surface area contributed by atoms with Crippen molar-refractivity contribution in [3.05, 3.63) is 71.5 Å². The lowest BCUT2D eigenvalue weighted by atomic mass is 9.96. The van der Waals surface area contributed by atoms with Crippen molar-refractivity contribution >= 4 is 33.6 Å². The summed E-state index contributed by atoms with van der Waals surface area (Å²) in [5, 5.41) is 0.953. The number of morpholine rings is 1. The highest BCUT2D eigenvalue weighted by atomic mass is 19.1. The zero-order chi connectivity index (χ0) is 22.2. The van der Waals surface area contributed by atoms with E-state index in [0.717, 1.165) is 0 Å². The third-order valence-corrected chi connectivity index (χ3v) is 5.89. The molecule has 6 nitrogen and oxygen atoms in total.